The molecule has 1 heterocycles. The van der Waals surface area contributed by atoms with Crippen molar-refractivity contribution in [1.29, 1.82) is 0 Å². The normalized spacial score (nSPS) is 10.8. The lowest BCUT2D eigenvalue weighted by Crippen LogP contribution is -2.37. The number of hydrogen-bond acceptors (Lipinski definition) is 10. The Morgan fingerprint density at radius 2 is 1.69 bits per heavy atom. The summed E-state index contributed by atoms with van der Waals surface area (Å²) in [4.78, 5) is 50.5. The molecule has 0 aliphatic heterocycles. The molecule has 0 fully saturated rings. The topological polar surface area (TPSA) is 196 Å². The monoisotopic (exact) mass is 507 g/mol. The van der Waals surface area contributed by atoms with Gasteiger partial charge in [-0.25, -0.2) is 22.9 Å². The lowest BCUT2D eigenvalue weighted by Gasteiger charge is -2.09. The molecule has 0 aliphatic carbocycles. The molecule has 0 aliphatic rings. The van der Waals surface area contributed by atoms with Gasteiger partial charge in [-0.2, -0.15) is 0 Å². The molecule has 14 heteroatoms. The molecule has 1 aromatic carbocycles. The quantitative estimate of drug-likeness (QED) is 0.299. The van der Waals surface area contributed by atoms with E-state index in [2.05, 4.69) is 10.3 Å². The molecule has 0 bridgehead atoms. The van der Waals surface area contributed by atoms with Crippen molar-refractivity contribution in [2.24, 2.45) is 5.73 Å². The zero-order valence-electron chi connectivity index (χ0n) is 18.8. The second kappa shape index (κ2) is 13.1. The van der Waals surface area contributed by atoms with Crippen molar-refractivity contribution >= 4 is 33.8 Å². The Bertz CT molecular complexity index is 1150. The molecule has 0 saturated carbocycles. The fraction of sp³-hybridized carbons (Fsp3) is 0.286. The van der Waals surface area contributed by atoms with Crippen molar-refractivity contribution in [3.05, 3.63) is 53.7 Å². The van der Waals surface area contributed by atoms with Crippen molar-refractivity contribution in [3.8, 4) is 5.88 Å². The summed E-state index contributed by atoms with van der Waals surface area (Å²) < 4.78 is 36.9. The van der Waals surface area contributed by atoms with Crippen LogP contribution in [0, 0.1) is 0 Å². The Morgan fingerprint density at radius 1 is 1.00 bits per heavy atom. The number of ether oxygens (including phenoxy) is 2. The van der Waals surface area contributed by atoms with Gasteiger partial charge in [0.15, 0.2) is 0 Å². The van der Waals surface area contributed by atoms with Crippen LogP contribution in [-0.2, 0) is 19.6 Å². The molecule has 0 spiro atoms. The van der Waals surface area contributed by atoms with Gasteiger partial charge in [0.2, 0.25) is 11.8 Å². The Labute approximate surface area is 201 Å². The third kappa shape index (κ3) is 8.77. The smallest absolute Gasteiger partial charge is 0.391 e. The molecule has 5 N–H and O–H groups in total. The summed E-state index contributed by atoms with van der Waals surface area (Å²) >= 11 is 0. The Morgan fingerprint density at radius 3 is 2.29 bits per heavy atom. The fourth-order valence-electron chi connectivity index (χ4n) is 2.51. The number of imide groups is 1. The summed E-state index contributed by atoms with van der Waals surface area (Å²) in [5, 5.41) is 4.53. The van der Waals surface area contributed by atoms with Crippen LogP contribution in [-0.4, -0.2) is 63.5 Å². The van der Waals surface area contributed by atoms with Crippen LogP contribution in [0.4, 0.5) is 4.79 Å². The van der Waals surface area contributed by atoms with Gasteiger partial charge in [0, 0.05) is 37.6 Å². The Kier molecular flexibility index (Phi) is 10.3. The molecular weight excluding hydrogens is 482 g/mol. The maximum atomic E-state index is 12.5. The van der Waals surface area contributed by atoms with Crippen LogP contribution < -0.4 is 25.8 Å². The third-order valence-corrected chi connectivity index (χ3v) is 5.58. The van der Waals surface area contributed by atoms with Gasteiger partial charge in [-0.15, -0.1) is 0 Å². The highest BCUT2D eigenvalue weighted by atomic mass is 32.2. The summed E-state index contributed by atoms with van der Waals surface area (Å²) in [5.41, 5.74) is 5.18. The predicted octanol–water partition coefficient (Wildman–Crippen LogP) is -0.0696. The standard InChI is InChI=1S/C21H25N5O8S/c1-2-33-11-3-10-23-19(28)14-4-7-16(8-5-14)35(31,32)26-20(29)15-6-9-18(24-13-15)34-21(30)25-17(27)12-22/h4-9,13H,2-3,10-12,22H2,1H3,(H,23,28)(H,26,29)(H,25,27,30). The summed E-state index contributed by atoms with van der Waals surface area (Å²) in [7, 11) is -4.24. The second-order valence-electron chi connectivity index (χ2n) is 6.79. The molecule has 2 aromatic rings. The van der Waals surface area contributed by atoms with E-state index in [-0.39, 0.29) is 27.8 Å². The number of carbonyl (C=O) groups is 4. The molecule has 0 radical (unpaired) electrons. The van der Waals surface area contributed by atoms with E-state index in [0.29, 0.717) is 26.2 Å². The summed E-state index contributed by atoms with van der Waals surface area (Å²) in [6.45, 7) is 2.97. The highest BCUT2D eigenvalue weighted by Crippen LogP contribution is 2.13. The maximum Gasteiger partial charge on any atom is 0.420 e. The number of nitrogens with two attached hydrogens (primary N) is 1. The highest BCUT2D eigenvalue weighted by Gasteiger charge is 2.20. The van der Waals surface area contributed by atoms with Crippen molar-refractivity contribution in [1.82, 2.24) is 20.3 Å². The zero-order valence-corrected chi connectivity index (χ0v) is 19.6. The van der Waals surface area contributed by atoms with E-state index >= 15 is 0 Å². The van der Waals surface area contributed by atoms with Crippen molar-refractivity contribution < 1.29 is 37.1 Å². The first-order valence-corrected chi connectivity index (χ1v) is 11.9. The average Bonchev–Trinajstić information content (AvgIpc) is 2.83. The van der Waals surface area contributed by atoms with Crippen LogP contribution >= 0.6 is 0 Å². The van der Waals surface area contributed by atoms with E-state index in [1.54, 1.807) is 0 Å². The molecule has 35 heavy (non-hydrogen) atoms. The second-order valence-corrected chi connectivity index (χ2v) is 8.47. The minimum atomic E-state index is -4.24. The first-order chi connectivity index (χ1) is 16.7. The Balaban J connectivity index is 1.95. The van der Waals surface area contributed by atoms with Gasteiger partial charge in [-0.3, -0.25) is 19.7 Å². The number of pyridine rings is 1. The minimum Gasteiger partial charge on any atom is -0.391 e. The first kappa shape index (κ1) is 27.4. The Hall–Kier alpha value is -3.88. The summed E-state index contributed by atoms with van der Waals surface area (Å²) in [5.74, 6) is -2.35. The fourth-order valence-corrected chi connectivity index (χ4v) is 3.48. The van der Waals surface area contributed by atoms with E-state index in [4.69, 9.17) is 15.2 Å². The van der Waals surface area contributed by atoms with E-state index in [9.17, 15) is 27.6 Å². The van der Waals surface area contributed by atoms with Crippen LogP contribution in [0.1, 0.15) is 34.1 Å². The van der Waals surface area contributed by atoms with Gasteiger partial charge in [0.05, 0.1) is 17.0 Å². The molecule has 2 rings (SSSR count). The van der Waals surface area contributed by atoms with Crippen molar-refractivity contribution in [2.75, 3.05) is 26.3 Å². The number of aromatic nitrogens is 1. The average molecular weight is 508 g/mol. The number of hydrogen-bond donors (Lipinski definition) is 4. The van der Waals surface area contributed by atoms with Gasteiger partial charge >= 0.3 is 6.09 Å². The number of rotatable bonds is 11. The van der Waals surface area contributed by atoms with Gasteiger partial charge in [-0.05, 0) is 43.7 Å². The van der Waals surface area contributed by atoms with E-state index in [1.807, 2.05) is 17.0 Å². The number of amides is 4. The zero-order chi connectivity index (χ0) is 25.8. The van der Waals surface area contributed by atoms with Gasteiger partial charge in [0.25, 0.3) is 21.8 Å². The first-order valence-electron chi connectivity index (χ1n) is 10.4. The van der Waals surface area contributed by atoms with Crippen LogP contribution in [0.2, 0.25) is 0 Å². The molecule has 0 unspecified atom stereocenters. The van der Waals surface area contributed by atoms with E-state index in [1.165, 1.54) is 30.3 Å². The van der Waals surface area contributed by atoms with Crippen molar-refractivity contribution in [3.63, 3.8) is 0 Å². The number of benzene rings is 1. The van der Waals surface area contributed by atoms with Crippen LogP contribution in [0.3, 0.4) is 0 Å². The molecule has 13 nitrogen and oxygen atoms in total. The SMILES string of the molecule is CCOCCCNC(=O)c1ccc(S(=O)(=O)NC(=O)c2ccc(OC(=O)NC(=O)CN)nc2)cc1. The molecular formula is C21H25N5O8S. The lowest BCUT2D eigenvalue weighted by molar-refractivity contribution is -0.118. The lowest BCUT2D eigenvalue weighted by atomic mass is 10.2. The van der Waals surface area contributed by atoms with Crippen LogP contribution in [0.15, 0.2) is 47.5 Å². The van der Waals surface area contributed by atoms with Crippen molar-refractivity contribution in [2.45, 2.75) is 18.2 Å². The summed E-state index contributed by atoms with van der Waals surface area (Å²) in [6.07, 6.45) is 0.508. The van der Waals surface area contributed by atoms with Gasteiger partial charge in [0.1, 0.15) is 0 Å². The van der Waals surface area contributed by atoms with E-state index in [0.717, 1.165) is 12.3 Å². The molecule has 0 atom stereocenters. The van der Waals surface area contributed by atoms with E-state index < -0.39 is 34.5 Å². The highest BCUT2D eigenvalue weighted by molar-refractivity contribution is 7.90. The van der Waals surface area contributed by atoms with Crippen LogP contribution in [0.5, 0.6) is 5.88 Å². The summed E-state index contributed by atoms with van der Waals surface area (Å²) in [6, 6.07) is 7.35. The molecule has 4 amide bonds. The number of carbonyl (C=O) groups excluding carboxylic acids is 4. The van der Waals surface area contributed by atoms with Crippen LogP contribution in [0.25, 0.3) is 0 Å². The van der Waals surface area contributed by atoms with Gasteiger partial charge < -0.3 is 20.5 Å². The largest absolute Gasteiger partial charge is 0.420 e. The number of nitrogens with zero attached hydrogens (tertiary/aromatic N) is 1. The molecule has 1 aromatic heterocycles. The molecule has 0 saturated heterocycles. The maximum absolute atomic E-state index is 12.5. The molecule has 188 valence electrons. The third-order valence-electron chi connectivity index (χ3n) is 4.23. The number of sulfonamides is 1. The number of nitrogens with one attached hydrogen (secondary N) is 3. The minimum absolute atomic E-state index is 0.137. The predicted molar refractivity (Wildman–Crippen MR) is 122 cm³/mol. The van der Waals surface area contributed by atoms with Gasteiger partial charge in [-0.1, -0.05) is 0 Å².